The van der Waals surface area contributed by atoms with Crippen molar-refractivity contribution in [2.75, 3.05) is 6.61 Å². The molecule has 6 nitrogen and oxygen atoms in total. The number of hydrogen-bond donors (Lipinski definition) is 0. The van der Waals surface area contributed by atoms with Gasteiger partial charge in [-0.1, -0.05) is 11.6 Å². The molecule has 0 aliphatic heterocycles. The molecule has 0 aliphatic carbocycles. The molecule has 0 unspecified atom stereocenters. The standard InChI is InChI=1S/C11H10ClN5OS/c1-7-8(19-6-14-7)2-3-18-10-4-9(12)16-11-13-5-15-17(10)11/h4-6H,2-3H2,1H3. The molecule has 0 saturated carbocycles. The Bertz CT molecular complexity index is 710. The van der Waals surface area contributed by atoms with E-state index in [0.29, 0.717) is 23.4 Å². The maximum atomic E-state index is 5.90. The second-order valence-corrected chi connectivity index (χ2v) is 5.17. The zero-order valence-corrected chi connectivity index (χ0v) is 11.6. The molecule has 8 heteroatoms. The molecule has 0 N–H and O–H groups in total. The average molecular weight is 296 g/mol. The van der Waals surface area contributed by atoms with E-state index >= 15 is 0 Å². The number of halogens is 1. The lowest BCUT2D eigenvalue weighted by atomic mass is 10.3. The summed E-state index contributed by atoms with van der Waals surface area (Å²) in [5.41, 5.74) is 2.89. The van der Waals surface area contributed by atoms with Crippen molar-refractivity contribution in [3.63, 3.8) is 0 Å². The minimum absolute atomic E-state index is 0.337. The van der Waals surface area contributed by atoms with Crippen LogP contribution in [0, 0.1) is 6.92 Å². The summed E-state index contributed by atoms with van der Waals surface area (Å²) in [7, 11) is 0. The molecule has 0 radical (unpaired) electrons. The molecular formula is C11H10ClN5OS. The number of ether oxygens (including phenoxy) is 1. The Labute approximate surface area is 118 Å². The van der Waals surface area contributed by atoms with E-state index in [2.05, 4.69) is 20.1 Å². The van der Waals surface area contributed by atoms with Crippen LogP contribution in [0.4, 0.5) is 0 Å². The van der Waals surface area contributed by atoms with E-state index in [1.807, 2.05) is 12.4 Å². The first-order chi connectivity index (χ1) is 9.24. The third-order valence-electron chi connectivity index (χ3n) is 2.61. The fourth-order valence-electron chi connectivity index (χ4n) is 1.68. The summed E-state index contributed by atoms with van der Waals surface area (Å²) in [6.07, 6.45) is 2.21. The van der Waals surface area contributed by atoms with Crippen LogP contribution in [0.15, 0.2) is 17.9 Å². The molecule has 0 aliphatic rings. The van der Waals surface area contributed by atoms with Gasteiger partial charge in [-0.15, -0.1) is 11.3 Å². The zero-order chi connectivity index (χ0) is 13.2. The number of rotatable bonds is 4. The lowest BCUT2D eigenvalue weighted by Crippen LogP contribution is -2.06. The van der Waals surface area contributed by atoms with Crippen LogP contribution in [-0.4, -0.2) is 31.2 Å². The van der Waals surface area contributed by atoms with Crippen LogP contribution in [0.25, 0.3) is 5.78 Å². The van der Waals surface area contributed by atoms with E-state index in [4.69, 9.17) is 16.3 Å². The van der Waals surface area contributed by atoms with Crippen molar-refractivity contribution in [1.82, 2.24) is 24.6 Å². The van der Waals surface area contributed by atoms with Crippen LogP contribution in [-0.2, 0) is 6.42 Å². The van der Waals surface area contributed by atoms with E-state index < -0.39 is 0 Å². The van der Waals surface area contributed by atoms with Gasteiger partial charge in [0, 0.05) is 17.4 Å². The highest BCUT2D eigenvalue weighted by molar-refractivity contribution is 7.09. The third-order valence-corrected chi connectivity index (χ3v) is 3.80. The quantitative estimate of drug-likeness (QED) is 0.690. The number of fused-ring (bicyclic) bond motifs is 1. The SMILES string of the molecule is Cc1ncsc1CCOc1cc(Cl)nc2ncnn12. The predicted octanol–water partition coefficient (Wildman–Crippen LogP) is 2.16. The molecule has 19 heavy (non-hydrogen) atoms. The average Bonchev–Trinajstić information content (AvgIpc) is 2.98. The molecule has 0 aromatic carbocycles. The number of aryl methyl sites for hydroxylation is 1. The second kappa shape index (κ2) is 5.10. The molecule has 3 rings (SSSR count). The van der Waals surface area contributed by atoms with Crippen molar-refractivity contribution in [2.45, 2.75) is 13.3 Å². The number of aromatic nitrogens is 5. The number of hydrogen-bond acceptors (Lipinski definition) is 6. The lowest BCUT2D eigenvalue weighted by Gasteiger charge is -2.07. The van der Waals surface area contributed by atoms with Crippen molar-refractivity contribution in [1.29, 1.82) is 0 Å². The molecule has 0 bridgehead atoms. The summed E-state index contributed by atoms with van der Waals surface area (Å²) in [5.74, 6) is 0.964. The maximum absolute atomic E-state index is 5.90. The van der Waals surface area contributed by atoms with Crippen LogP contribution in [0.1, 0.15) is 10.6 Å². The summed E-state index contributed by atoms with van der Waals surface area (Å²) >= 11 is 7.53. The normalized spacial score (nSPS) is 11.1. The van der Waals surface area contributed by atoms with Gasteiger partial charge in [0.25, 0.3) is 5.78 Å². The molecular weight excluding hydrogens is 286 g/mol. The summed E-state index contributed by atoms with van der Waals surface area (Å²) < 4.78 is 7.22. The summed E-state index contributed by atoms with van der Waals surface area (Å²) in [6, 6.07) is 1.63. The Hall–Kier alpha value is -1.73. The molecule has 0 atom stereocenters. The number of nitrogens with zero attached hydrogens (tertiary/aromatic N) is 5. The Morgan fingerprint density at radius 2 is 2.32 bits per heavy atom. The predicted molar refractivity (Wildman–Crippen MR) is 71.8 cm³/mol. The first kappa shape index (κ1) is 12.3. The Kier molecular flexibility index (Phi) is 3.31. The summed E-state index contributed by atoms with van der Waals surface area (Å²) in [5, 5.41) is 4.38. The van der Waals surface area contributed by atoms with Crippen molar-refractivity contribution in [2.24, 2.45) is 0 Å². The van der Waals surface area contributed by atoms with Gasteiger partial charge in [-0.2, -0.15) is 19.6 Å². The zero-order valence-electron chi connectivity index (χ0n) is 10.1. The fourth-order valence-corrected chi connectivity index (χ4v) is 2.61. The first-order valence-electron chi connectivity index (χ1n) is 5.62. The van der Waals surface area contributed by atoms with Gasteiger partial charge in [0.05, 0.1) is 17.8 Å². The highest BCUT2D eigenvalue weighted by Gasteiger charge is 2.08. The molecule has 98 valence electrons. The Morgan fingerprint density at radius 3 is 3.11 bits per heavy atom. The van der Waals surface area contributed by atoms with Crippen LogP contribution >= 0.6 is 22.9 Å². The third kappa shape index (κ3) is 2.52. The van der Waals surface area contributed by atoms with Crippen LogP contribution in [0.3, 0.4) is 0 Å². The molecule has 0 saturated heterocycles. The maximum Gasteiger partial charge on any atom is 0.256 e. The molecule has 0 amide bonds. The van der Waals surface area contributed by atoms with Crippen molar-refractivity contribution >= 4 is 28.7 Å². The van der Waals surface area contributed by atoms with Crippen molar-refractivity contribution in [3.05, 3.63) is 33.6 Å². The van der Waals surface area contributed by atoms with E-state index in [-0.39, 0.29) is 0 Å². The highest BCUT2D eigenvalue weighted by atomic mass is 35.5. The fraction of sp³-hybridized carbons (Fsp3) is 0.273. The Balaban J connectivity index is 1.75. The van der Waals surface area contributed by atoms with Gasteiger partial charge in [-0.25, -0.2) is 4.98 Å². The van der Waals surface area contributed by atoms with E-state index in [1.165, 1.54) is 15.7 Å². The van der Waals surface area contributed by atoms with Crippen LogP contribution in [0.5, 0.6) is 5.88 Å². The van der Waals surface area contributed by atoms with E-state index in [1.54, 1.807) is 17.4 Å². The molecule has 3 aromatic heterocycles. The minimum atomic E-state index is 0.337. The summed E-state index contributed by atoms with van der Waals surface area (Å²) in [4.78, 5) is 13.4. The first-order valence-corrected chi connectivity index (χ1v) is 6.88. The largest absolute Gasteiger partial charge is 0.477 e. The molecule has 0 spiro atoms. The van der Waals surface area contributed by atoms with Gasteiger partial charge < -0.3 is 4.74 Å². The van der Waals surface area contributed by atoms with Gasteiger partial charge in [0.2, 0.25) is 5.88 Å². The second-order valence-electron chi connectivity index (χ2n) is 3.85. The molecule has 0 fully saturated rings. The topological polar surface area (TPSA) is 65.2 Å². The van der Waals surface area contributed by atoms with Gasteiger partial charge in [0.15, 0.2) is 0 Å². The number of thiazole rings is 1. The van der Waals surface area contributed by atoms with E-state index in [0.717, 1.165) is 12.1 Å². The van der Waals surface area contributed by atoms with Crippen molar-refractivity contribution < 1.29 is 4.74 Å². The summed E-state index contributed by atoms with van der Waals surface area (Å²) in [6.45, 7) is 2.52. The molecule has 3 heterocycles. The van der Waals surface area contributed by atoms with Crippen LogP contribution in [0.2, 0.25) is 5.15 Å². The molecule has 3 aromatic rings. The van der Waals surface area contributed by atoms with Gasteiger partial charge in [-0.05, 0) is 6.92 Å². The van der Waals surface area contributed by atoms with Crippen LogP contribution < -0.4 is 4.74 Å². The monoisotopic (exact) mass is 295 g/mol. The van der Waals surface area contributed by atoms with Gasteiger partial charge in [0.1, 0.15) is 11.5 Å². The Morgan fingerprint density at radius 1 is 1.42 bits per heavy atom. The highest BCUT2D eigenvalue weighted by Crippen LogP contribution is 2.18. The van der Waals surface area contributed by atoms with Gasteiger partial charge in [-0.3, -0.25) is 0 Å². The lowest BCUT2D eigenvalue weighted by molar-refractivity contribution is 0.301. The van der Waals surface area contributed by atoms with Crippen molar-refractivity contribution in [3.8, 4) is 5.88 Å². The minimum Gasteiger partial charge on any atom is -0.477 e. The van der Waals surface area contributed by atoms with E-state index in [9.17, 15) is 0 Å². The van der Waals surface area contributed by atoms with Gasteiger partial charge >= 0.3 is 0 Å². The smallest absolute Gasteiger partial charge is 0.256 e.